The van der Waals surface area contributed by atoms with Gasteiger partial charge < -0.3 is 4.90 Å². The van der Waals surface area contributed by atoms with E-state index in [-0.39, 0.29) is 17.8 Å². The first-order chi connectivity index (χ1) is 10.2. The second kappa shape index (κ2) is 5.98. The lowest BCUT2D eigenvalue weighted by molar-refractivity contribution is 0.0734. The Labute approximate surface area is 131 Å². The van der Waals surface area contributed by atoms with E-state index in [1.165, 1.54) is 12.1 Å². The Kier molecular flexibility index (Phi) is 4.06. The Morgan fingerprint density at radius 2 is 1.95 bits per heavy atom. The number of hydrogen-bond donors (Lipinski definition) is 0. The predicted molar refractivity (Wildman–Crippen MR) is 83.6 cm³/mol. The topological polar surface area (TPSA) is 20.3 Å². The fraction of sp³-hybridized carbons (Fsp3) is 0.235. The minimum atomic E-state index is -0.348. The highest BCUT2D eigenvalue weighted by atomic mass is 79.9. The predicted octanol–water partition coefficient (Wildman–Crippen LogP) is 4.57. The highest BCUT2D eigenvalue weighted by Gasteiger charge is 2.31. The average molecular weight is 348 g/mol. The molecular weight excluding hydrogens is 333 g/mol. The van der Waals surface area contributed by atoms with Gasteiger partial charge in [0.15, 0.2) is 0 Å². The summed E-state index contributed by atoms with van der Waals surface area (Å²) in [7, 11) is 0. The van der Waals surface area contributed by atoms with Gasteiger partial charge in [0.2, 0.25) is 0 Å². The molecule has 108 valence electrons. The lowest BCUT2D eigenvalue weighted by Gasteiger charge is -2.25. The van der Waals surface area contributed by atoms with Crippen molar-refractivity contribution in [3.63, 3.8) is 0 Å². The summed E-state index contributed by atoms with van der Waals surface area (Å²) in [4.78, 5) is 14.6. The molecule has 1 aliphatic rings. The summed E-state index contributed by atoms with van der Waals surface area (Å²) in [6, 6.07) is 14.4. The van der Waals surface area contributed by atoms with Crippen LogP contribution in [0.3, 0.4) is 0 Å². The number of benzene rings is 2. The van der Waals surface area contributed by atoms with Crippen LogP contribution in [0.25, 0.3) is 0 Å². The van der Waals surface area contributed by atoms with Crippen LogP contribution in [0.4, 0.5) is 4.39 Å². The lowest BCUT2D eigenvalue weighted by atomic mass is 10.0. The maximum Gasteiger partial charge on any atom is 0.255 e. The van der Waals surface area contributed by atoms with E-state index >= 15 is 0 Å². The second-order valence-corrected chi connectivity index (χ2v) is 6.05. The molecule has 2 aromatic rings. The van der Waals surface area contributed by atoms with Gasteiger partial charge in [0.1, 0.15) is 5.82 Å². The Morgan fingerprint density at radius 1 is 1.19 bits per heavy atom. The maximum absolute atomic E-state index is 13.2. The largest absolute Gasteiger partial charge is 0.332 e. The molecule has 0 bridgehead atoms. The summed E-state index contributed by atoms with van der Waals surface area (Å²) >= 11 is 3.28. The molecule has 0 N–H and O–H groups in total. The Balaban J connectivity index is 1.90. The van der Waals surface area contributed by atoms with E-state index in [4.69, 9.17) is 0 Å². The van der Waals surface area contributed by atoms with E-state index in [0.29, 0.717) is 10.0 Å². The number of likely N-dealkylation sites (tertiary alicyclic amines) is 1. The first-order valence-corrected chi connectivity index (χ1v) is 7.77. The summed E-state index contributed by atoms with van der Waals surface area (Å²) in [5, 5.41) is 0. The number of rotatable bonds is 2. The van der Waals surface area contributed by atoms with Gasteiger partial charge in [-0.2, -0.15) is 0 Å². The fourth-order valence-corrected chi connectivity index (χ4v) is 3.37. The van der Waals surface area contributed by atoms with Crippen molar-refractivity contribution in [1.29, 1.82) is 0 Å². The quantitative estimate of drug-likeness (QED) is 0.779. The molecule has 2 aromatic carbocycles. The molecular formula is C17H15BrFNO. The molecule has 1 fully saturated rings. The molecule has 0 spiro atoms. The van der Waals surface area contributed by atoms with Crippen LogP contribution in [-0.2, 0) is 0 Å². The molecule has 1 aliphatic heterocycles. The van der Waals surface area contributed by atoms with Crippen LogP contribution in [0, 0.1) is 5.82 Å². The summed E-state index contributed by atoms with van der Waals surface area (Å²) in [5.74, 6) is -0.396. The SMILES string of the molecule is O=C(c1ccc(F)cc1Br)N1CCCC1c1ccccc1. The van der Waals surface area contributed by atoms with E-state index in [9.17, 15) is 9.18 Å². The van der Waals surface area contributed by atoms with Gasteiger partial charge in [0.05, 0.1) is 11.6 Å². The van der Waals surface area contributed by atoms with Crippen molar-refractivity contribution in [2.45, 2.75) is 18.9 Å². The van der Waals surface area contributed by atoms with Crippen molar-refractivity contribution < 1.29 is 9.18 Å². The van der Waals surface area contributed by atoms with E-state index in [2.05, 4.69) is 28.1 Å². The third-order valence-corrected chi connectivity index (χ3v) is 4.52. The van der Waals surface area contributed by atoms with Gasteiger partial charge in [-0.05, 0) is 52.5 Å². The zero-order valence-corrected chi connectivity index (χ0v) is 13.0. The molecule has 1 heterocycles. The molecule has 0 aliphatic carbocycles. The number of carbonyl (C=O) groups is 1. The summed E-state index contributed by atoms with van der Waals surface area (Å²) in [5.41, 5.74) is 1.67. The third kappa shape index (κ3) is 2.86. The highest BCUT2D eigenvalue weighted by Crippen LogP contribution is 2.34. The van der Waals surface area contributed by atoms with E-state index in [0.717, 1.165) is 24.9 Å². The standard InChI is InChI=1S/C17H15BrFNO/c18-15-11-13(19)8-9-14(15)17(21)20-10-4-7-16(20)12-5-2-1-3-6-12/h1-3,5-6,8-9,11,16H,4,7,10H2. The van der Waals surface area contributed by atoms with Gasteiger partial charge in [0, 0.05) is 11.0 Å². The lowest BCUT2D eigenvalue weighted by Crippen LogP contribution is -2.30. The van der Waals surface area contributed by atoms with Gasteiger partial charge in [-0.1, -0.05) is 30.3 Å². The van der Waals surface area contributed by atoms with Gasteiger partial charge in [-0.3, -0.25) is 4.79 Å². The number of hydrogen-bond acceptors (Lipinski definition) is 1. The molecule has 0 radical (unpaired) electrons. The Hall–Kier alpha value is -1.68. The van der Waals surface area contributed by atoms with Crippen molar-refractivity contribution in [3.8, 4) is 0 Å². The smallest absolute Gasteiger partial charge is 0.255 e. The van der Waals surface area contributed by atoms with E-state index in [1.807, 2.05) is 23.1 Å². The normalized spacial score (nSPS) is 18.0. The minimum absolute atomic E-state index is 0.0479. The molecule has 1 amide bonds. The van der Waals surface area contributed by atoms with Crippen LogP contribution < -0.4 is 0 Å². The van der Waals surface area contributed by atoms with Crippen molar-refractivity contribution >= 4 is 21.8 Å². The van der Waals surface area contributed by atoms with Crippen LogP contribution in [0.15, 0.2) is 53.0 Å². The van der Waals surface area contributed by atoms with Crippen molar-refractivity contribution in [3.05, 3.63) is 69.9 Å². The van der Waals surface area contributed by atoms with Gasteiger partial charge in [0.25, 0.3) is 5.91 Å². The minimum Gasteiger partial charge on any atom is -0.332 e. The maximum atomic E-state index is 13.2. The first-order valence-electron chi connectivity index (χ1n) is 6.98. The molecule has 0 aromatic heterocycles. The zero-order valence-electron chi connectivity index (χ0n) is 11.4. The number of nitrogens with zero attached hydrogens (tertiary/aromatic N) is 1. The third-order valence-electron chi connectivity index (χ3n) is 3.86. The van der Waals surface area contributed by atoms with Crippen LogP contribution in [0.5, 0.6) is 0 Å². The Bertz CT molecular complexity index is 659. The van der Waals surface area contributed by atoms with Crippen LogP contribution in [-0.4, -0.2) is 17.4 Å². The van der Waals surface area contributed by atoms with Gasteiger partial charge >= 0.3 is 0 Å². The highest BCUT2D eigenvalue weighted by molar-refractivity contribution is 9.10. The summed E-state index contributed by atoms with van der Waals surface area (Å²) in [6.45, 7) is 0.738. The molecule has 3 rings (SSSR count). The molecule has 1 saturated heterocycles. The summed E-state index contributed by atoms with van der Waals surface area (Å²) < 4.78 is 13.7. The van der Waals surface area contributed by atoms with Crippen molar-refractivity contribution in [2.75, 3.05) is 6.54 Å². The molecule has 1 unspecified atom stereocenters. The van der Waals surface area contributed by atoms with Crippen molar-refractivity contribution in [1.82, 2.24) is 4.90 Å². The van der Waals surface area contributed by atoms with Gasteiger partial charge in [-0.15, -0.1) is 0 Å². The molecule has 2 nitrogen and oxygen atoms in total. The fourth-order valence-electron chi connectivity index (χ4n) is 2.85. The molecule has 21 heavy (non-hydrogen) atoms. The molecule has 4 heteroatoms. The summed E-state index contributed by atoms with van der Waals surface area (Å²) in [6.07, 6.45) is 1.96. The van der Waals surface area contributed by atoms with Crippen molar-refractivity contribution in [2.24, 2.45) is 0 Å². The zero-order chi connectivity index (χ0) is 14.8. The number of halogens is 2. The van der Waals surface area contributed by atoms with Crippen LogP contribution in [0.2, 0.25) is 0 Å². The van der Waals surface area contributed by atoms with E-state index < -0.39 is 0 Å². The second-order valence-electron chi connectivity index (χ2n) is 5.19. The molecule has 1 atom stereocenters. The number of amides is 1. The van der Waals surface area contributed by atoms with Crippen LogP contribution >= 0.6 is 15.9 Å². The first kappa shape index (κ1) is 14.3. The monoisotopic (exact) mass is 347 g/mol. The van der Waals surface area contributed by atoms with E-state index in [1.54, 1.807) is 6.07 Å². The average Bonchev–Trinajstić information content (AvgIpc) is 2.97. The Morgan fingerprint density at radius 3 is 2.67 bits per heavy atom. The van der Waals surface area contributed by atoms with Crippen LogP contribution in [0.1, 0.15) is 34.8 Å². The molecule has 0 saturated carbocycles. The van der Waals surface area contributed by atoms with Gasteiger partial charge in [-0.25, -0.2) is 4.39 Å². The number of carbonyl (C=O) groups excluding carboxylic acids is 1.